The van der Waals surface area contributed by atoms with Crippen LogP contribution in [0.1, 0.15) is 41.1 Å². The van der Waals surface area contributed by atoms with Crippen LogP contribution in [-0.4, -0.2) is 51.9 Å². The Bertz CT molecular complexity index is 513. The molecule has 0 radical (unpaired) electrons. The van der Waals surface area contributed by atoms with Crippen LogP contribution in [0.4, 0.5) is 0 Å². The summed E-state index contributed by atoms with van der Waals surface area (Å²) in [6, 6.07) is -0.00483. The van der Waals surface area contributed by atoms with Crippen molar-refractivity contribution in [2.45, 2.75) is 26.8 Å². The van der Waals surface area contributed by atoms with Crippen LogP contribution in [0.2, 0.25) is 0 Å². The fourth-order valence-corrected chi connectivity index (χ4v) is 2.23. The van der Waals surface area contributed by atoms with E-state index in [2.05, 4.69) is 10.3 Å². The van der Waals surface area contributed by atoms with Crippen LogP contribution in [0.5, 0.6) is 0 Å². The molecular weight excluding hydrogens is 282 g/mol. The predicted octanol–water partition coefficient (Wildman–Crippen LogP) is 0.828. The number of carboxylic acids is 1. The van der Waals surface area contributed by atoms with Crippen molar-refractivity contribution in [3.8, 4) is 0 Å². The van der Waals surface area contributed by atoms with Crippen LogP contribution in [0.3, 0.4) is 0 Å². The second kappa shape index (κ2) is 6.99. The summed E-state index contributed by atoms with van der Waals surface area (Å²) in [5.74, 6) is -1.88. The largest absolute Gasteiger partial charge is 0.476 e. The number of thiazole rings is 1. The lowest BCUT2D eigenvalue weighted by Gasteiger charge is -2.19. The average molecular weight is 299 g/mol. The minimum Gasteiger partial charge on any atom is -0.476 e. The number of hydrogen-bond acceptors (Lipinski definition) is 5. The van der Waals surface area contributed by atoms with E-state index >= 15 is 0 Å². The number of likely N-dealkylation sites (N-methyl/N-ethyl adjacent to an activating group) is 1. The lowest BCUT2D eigenvalue weighted by Crippen LogP contribution is -2.42. The summed E-state index contributed by atoms with van der Waals surface area (Å²) in [4.78, 5) is 39.6. The number of rotatable bonds is 6. The second-order valence-corrected chi connectivity index (χ2v) is 5.24. The topological polar surface area (TPSA) is 99.6 Å². The third kappa shape index (κ3) is 4.30. The van der Waals surface area contributed by atoms with Gasteiger partial charge in [-0.15, -0.1) is 11.3 Å². The third-order valence-corrected chi connectivity index (χ3v) is 3.19. The normalized spacial score (nSPS) is 10.4. The molecular formula is C12H17N3O4S. The number of hydrogen-bond donors (Lipinski definition) is 2. The van der Waals surface area contributed by atoms with Gasteiger partial charge in [0.2, 0.25) is 5.91 Å². The van der Waals surface area contributed by atoms with Crippen LogP contribution < -0.4 is 5.32 Å². The molecule has 0 unspecified atom stereocenters. The summed E-state index contributed by atoms with van der Waals surface area (Å²) in [6.07, 6.45) is 0. The molecule has 1 aromatic heterocycles. The van der Waals surface area contributed by atoms with Gasteiger partial charge in [0.05, 0.1) is 6.54 Å². The highest BCUT2D eigenvalue weighted by atomic mass is 32.1. The van der Waals surface area contributed by atoms with E-state index in [-0.39, 0.29) is 29.2 Å². The van der Waals surface area contributed by atoms with Gasteiger partial charge in [-0.25, -0.2) is 9.78 Å². The first-order valence-corrected chi connectivity index (χ1v) is 7.00. The van der Waals surface area contributed by atoms with E-state index in [1.165, 1.54) is 10.3 Å². The quantitative estimate of drug-likeness (QED) is 0.810. The van der Waals surface area contributed by atoms with Crippen molar-refractivity contribution in [1.29, 1.82) is 0 Å². The molecule has 110 valence electrons. The maximum absolute atomic E-state index is 12.1. The van der Waals surface area contributed by atoms with Gasteiger partial charge < -0.3 is 15.3 Å². The van der Waals surface area contributed by atoms with Crippen LogP contribution in [0.15, 0.2) is 5.38 Å². The molecule has 0 aliphatic carbocycles. The first-order valence-electron chi connectivity index (χ1n) is 6.12. The van der Waals surface area contributed by atoms with Crippen molar-refractivity contribution >= 4 is 29.1 Å². The Hall–Kier alpha value is -1.96. The molecule has 8 heteroatoms. The molecule has 7 nitrogen and oxygen atoms in total. The monoisotopic (exact) mass is 299 g/mol. The Morgan fingerprint density at radius 3 is 2.55 bits per heavy atom. The van der Waals surface area contributed by atoms with E-state index in [4.69, 9.17) is 5.11 Å². The van der Waals surface area contributed by atoms with E-state index in [0.29, 0.717) is 6.54 Å². The number of nitrogens with zero attached hydrogens (tertiary/aromatic N) is 2. The van der Waals surface area contributed by atoms with Crippen molar-refractivity contribution in [3.63, 3.8) is 0 Å². The SMILES string of the molecule is CCN(CC(=O)NC(C)C)C(=O)c1nc(C(=O)O)cs1. The number of carbonyl (C=O) groups excluding carboxylic acids is 2. The molecule has 0 fully saturated rings. The first kappa shape index (κ1) is 16.1. The van der Waals surface area contributed by atoms with Gasteiger partial charge in [0.25, 0.3) is 5.91 Å². The summed E-state index contributed by atoms with van der Waals surface area (Å²) >= 11 is 0.956. The van der Waals surface area contributed by atoms with Crippen molar-refractivity contribution in [2.75, 3.05) is 13.1 Å². The van der Waals surface area contributed by atoms with Crippen LogP contribution in [0.25, 0.3) is 0 Å². The van der Waals surface area contributed by atoms with Crippen molar-refractivity contribution < 1.29 is 19.5 Å². The van der Waals surface area contributed by atoms with Crippen LogP contribution >= 0.6 is 11.3 Å². The molecule has 0 aromatic carbocycles. The number of carbonyl (C=O) groups is 3. The zero-order valence-electron chi connectivity index (χ0n) is 11.5. The first-order chi connectivity index (χ1) is 9.35. The average Bonchev–Trinajstić information content (AvgIpc) is 2.83. The molecule has 1 heterocycles. The maximum atomic E-state index is 12.1. The minimum atomic E-state index is -1.18. The highest BCUT2D eigenvalue weighted by Crippen LogP contribution is 2.12. The number of carboxylic acid groups (broad SMARTS) is 1. The molecule has 1 rings (SSSR count). The third-order valence-electron chi connectivity index (χ3n) is 2.36. The second-order valence-electron chi connectivity index (χ2n) is 4.38. The highest BCUT2D eigenvalue weighted by Gasteiger charge is 2.21. The predicted molar refractivity (Wildman–Crippen MR) is 73.9 cm³/mol. The molecule has 0 aliphatic heterocycles. The van der Waals surface area contributed by atoms with Gasteiger partial charge in [0.15, 0.2) is 10.7 Å². The fraction of sp³-hybridized carbons (Fsp3) is 0.500. The molecule has 20 heavy (non-hydrogen) atoms. The summed E-state index contributed by atoms with van der Waals surface area (Å²) in [5.41, 5.74) is -0.166. The minimum absolute atomic E-state index is 0.00483. The maximum Gasteiger partial charge on any atom is 0.355 e. The number of amides is 2. The van der Waals surface area contributed by atoms with E-state index in [0.717, 1.165) is 11.3 Å². The molecule has 0 saturated heterocycles. The summed E-state index contributed by atoms with van der Waals surface area (Å²) < 4.78 is 0. The van der Waals surface area contributed by atoms with Crippen LogP contribution in [0, 0.1) is 0 Å². The van der Waals surface area contributed by atoms with E-state index < -0.39 is 11.9 Å². The standard InChI is InChI=1S/C12H17N3O4S/c1-4-15(5-9(16)13-7(2)3)11(17)10-14-8(6-20-10)12(18)19/h6-7H,4-5H2,1-3H3,(H,13,16)(H,18,19). The zero-order valence-corrected chi connectivity index (χ0v) is 12.4. The Kier molecular flexibility index (Phi) is 5.63. The van der Waals surface area contributed by atoms with Gasteiger partial charge >= 0.3 is 5.97 Å². The Morgan fingerprint density at radius 2 is 2.10 bits per heavy atom. The van der Waals surface area contributed by atoms with Crippen molar-refractivity contribution in [1.82, 2.24) is 15.2 Å². The smallest absolute Gasteiger partial charge is 0.355 e. The number of aromatic carboxylic acids is 1. The Morgan fingerprint density at radius 1 is 1.45 bits per heavy atom. The lowest BCUT2D eigenvalue weighted by molar-refractivity contribution is -0.122. The van der Waals surface area contributed by atoms with E-state index in [1.54, 1.807) is 6.92 Å². The van der Waals surface area contributed by atoms with E-state index in [1.807, 2.05) is 13.8 Å². The Balaban J connectivity index is 2.75. The lowest BCUT2D eigenvalue weighted by atomic mass is 10.3. The molecule has 0 spiro atoms. The fourth-order valence-electron chi connectivity index (χ4n) is 1.47. The molecule has 2 N–H and O–H groups in total. The number of aromatic nitrogens is 1. The molecule has 1 aromatic rings. The van der Waals surface area contributed by atoms with Crippen molar-refractivity contribution in [2.24, 2.45) is 0 Å². The van der Waals surface area contributed by atoms with E-state index in [9.17, 15) is 14.4 Å². The van der Waals surface area contributed by atoms with Gasteiger partial charge in [-0.1, -0.05) is 0 Å². The highest BCUT2D eigenvalue weighted by molar-refractivity contribution is 7.11. The zero-order chi connectivity index (χ0) is 15.3. The van der Waals surface area contributed by atoms with Gasteiger partial charge in [-0.2, -0.15) is 0 Å². The summed E-state index contributed by atoms with van der Waals surface area (Å²) in [7, 11) is 0. The molecule has 0 aliphatic rings. The molecule has 0 atom stereocenters. The van der Waals surface area contributed by atoms with Gasteiger partial charge in [-0.05, 0) is 20.8 Å². The Labute approximate surface area is 120 Å². The molecule has 0 saturated carbocycles. The molecule has 2 amide bonds. The van der Waals surface area contributed by atoms with Gasteiger partial charge in [-0.3, -0.25) is 9.59 Å². The van der Waals surface area contributed by atoms with Gasteiger partial charge in [0, 0.05) is 18.0 Å². The molecule has 0 bridgehead atoms. The number of nitrogens with one attached hydrogen (secondary N) is 1. The summed E-state index contributed by atoms with van der Waals surface area (Å²) in [5, 5.41) is 12.8. The van der Waals surface area contributed by atoms with Crippen molar-refractivity contribution in [3.05, 3.63) is 16.1 Å². The van der Waals surface area contributed by atoms with Crippen LogP contribution in [-0.2, 0) is 4.79 Å². The van der Waals surface area contributed by atoms with Gasteiger partial charge in [0.1, 0.15) is 0 Å². The summed E-state index contributed by atoms with van der Waals surface area (Å²) in [6.45, 7) is 5.67.